The van der Waals surface area contributed by atoms with Crippen LogP contribution in [0.5, 0.6) is 0 Å². The number of nitriles is 1. The van der Waals surface area contributed by atoms with E-state index in [0.29, 0.717) is 40.8 Å². The highest BCUT2D eigenvalue weighted by Gasteiger charge is 2.38. The van der Waals surface area contributed by atoms with Crippen LogP contribution in [0.2, 0.25) is 5.02 Å². The fourth-order valence-electron chi connectivity index (χ4n) is 6.16. The molecule has 2 aromatic carbocycles. The number of benzene rings is 2. The average molecular weight is 584 g/mol. The van der Waals surface area contributed by atoms with E-state index >= 15 is 0 Å². The Morgan fingerprint density at radius 3 is 2.45 bits per heavy atom. The minimum atomic E-state index is -1.06. The lowest BCUT2D eigenvalue weighted by molar-refractivity contribution is -0.130. The van der Waals surface area contributed by atoms with Gasteiger partial charge in [-0.2, -0.15) is 5.26 Å². The SMILES string of the molecule is C[C@@H](OC(=O)c1c2c(nc3ccccc13)/C(=C/c1ccc(Cl)cc1)C[C@@H](C(C)(C)C)C2)C(=O)NC1(C#N)CCCCC1. The second kappa shape index (κ2) is 11.9. The van der Waals surface area contributed by atoms with Gasteiger partial charge in [-0.15, -0.1) is 0 Å². The maximum atomic E-state index is 14.0. The smallest absolute Gasteiger partial charge is 0.339 e. The fraction of sp³-hybridized carbons (Fsp3) is 0.429. The zero-order valence-electron chi connectivity index (χ0n) is 24.8. The molecule has 2 aliphatic carbocycles. The van der Waals surface area contributed by atoms with Gasteiger partial charge in [0.25, 0.3) is 5.91 Å². The Balaban J connectivity index is 1.55. The van der Waals surface area contributed by atoms with Gasteiger partial charge in [-0.25, -0.2) is 9.78 Å². The van der Waals surface area contributed by atoms with Crippen LogP contribution in [-0.2, 0) is 16.0 Å². The quantitative estimate of drug-likeness (QED) is 0.308. The molecule has 6 nitrogen and oxygen atoms in total. The highest BCUT2D eigenvalue weighted by molar-refractivity contribution is 6.30. The first kappa shape index (κ1) is 29.8. The van der Waals surface area contributed by atoms with Gasteiger partial charge in [0.2, 0.25) is 0 Å². The van der Waals surface area contributed by atoms with Gasteiger partial charge in [0.1, 0.15) is 5.54 Å². The summed E-state index contributed by atoms with van der Waals surface area (Å²) in [7, 11) is 0. The molecule has 2 atom stereocenters. The summed E-state index contributed by atoms with van der Waals surface area (Å²) in [5.41, 5.74) is 3.92. The van der Waals surface area contributed by atoms with Crippen LogP contribution in [0, 0.1) is 22.7 Å². The molecule has 1 heterocycles. The number of hydrogen-bond acceptors (Lipinski definition) is 5. The van der Waals surface area contributed by atoms with Crippen molar-refractivity contribution in [1.82, 2.24) is 10.3 Å². The fourth-order valence-corrected chi connectivity index (χ4v) is 6.29. The van der Waals surface area contributed by atoms with E-state index in [1.54, 1.807) is 6.92 Å². The van der Waals surface area contributed by atoms with Gasteiger partial charge in [-0.05, 0) is 84.9 Å². The molecule has 218 valence electrons. The second-order valence-corrected chi connectivity index (χ2v) is 13.3. The number of allylic oxidation sites excluding steroid dienone is 1. The number of aromatic nitrogens is 1. The molecule has 0 radical (unpaired) electrons. The molecule has 1 N–H and O–H groups in total. The van der Waals surface area contributed by atoms with Crippen molar-refractivity contribution >= 4 is 46.0 Å². The molecule has 0 saturated heterocycles. The summed E-state index contributed by atoms with van der Waals surface area (Å²) < 4.78 is 5.87. The second-order valence-electron chi connectivity index (χ2n) is 12.8. The summed E-state index contributed by atoms with van der Waals surface area (Å²) in [5, 5.41) is 14.1. The molecular formula is C35H38ClN3O3. The van der Waals surface area contributed by atoms with Gasteiger partial charge in [0.05, 0.1) is 22.8 Å². The van der Waals surface area contributed by atoms with Crippen LogP contribution in [0.25, 0.3) is 22.6 Å². The van der Waals surface area contributed by atoms with Crippen LogP contribution in [-0.4, -0.2) is 28.5 Å². The summed E-state index contributed by atoms with van der Waals surface area (Å²) in [6.07, 6.45) is 6.59. The number of fused-ring (bicyclic) bond motifs is 2. The molecule has 3 aromatic rings. The van der Waals surface area contributed by atoms with E-state index in [9.17, 15) is 14.9 Å². The van der Waals surface area contributed by atoms with Crippen molar-refractivity contribution in [2.24, 2.45) is 11.3 Å². The first-order chi connectivity index (χ1) is 20.0. The third-order valence-electron chi connectivity index (χ3n) is 8.79. The maximum Gasteiger partial charge on any atom is 0.339 e. The van der Waals surface area contributed by atoms with Crippen LogP contribution >= 0.6 is 11.6 Å². The minimum absolute atomic E-state index is 0.0254. The number of nitrogens with zero attached hydrogens (tertiary/aromatic N) is 2. The number of para-hydroxylation sites is 1. The molecule has 0 spiro atoms. The van der Waals surface area contributed by atoms with Crippen molar-refractivity contribution in [3.63, 3.8) is 0 Å². The van der Waals surface area contributed by atoms with E-state index in [4.69, 9.17) is 21.3 Å². The van der Waals surface area contributed by atoms with Gasteiger partial charge >= 0.3 is 5.97 Å². The Morgan fingerprint density at radius 1 is 1.10 bits per heavy atom. The molecule has 0 unspecified atom stereocenters. The Labute approximate surface area is 253 Å². The summed E-state index contributed by atoms with van der Waals surface area (Å²) in [4.78, 5) is 32.3. The Morgan fingerprint density at radius 2 is 1.79 bits per heavy atom. The lowest BCUT2D eigenvalue weighted by Gasteiger charge is -2.37. The van der Waals surface area contributed by atoms with E-state index in [-0.39, 0.29) is 11.3 Å². The molecule has 42 heavy (non-hydrogen) atoms. The molecule has 1 saturated carbocycles. The molecule has 1 amide bonds. The molecule has 2 aliphatic rings. The standard InChI is InChI=1S/C35H38ClN3O3/c1-22(32(40)39-35(21-37)16-8-5-9-17-35)42-33(41)30-27-10-6-7-11-29(27)38-31-24(18-23-12-14-26(36)15-13-23)19-25(20-28(30)31)34(2,3)4/h6-7,10-15,18,22,25H,5,8-9,16-17,19-20H2,1-4H3,(H,39,40)/b24-18+/t22-,25-/m1/s1. The van der Waals surface area contributed by atoms with Gasteiger partial charge < -0.3 is 10.1 Å². The largest absolute Gasteiger partial charge is 0.449 e. The Kier molecular flexibility index (Phi) is 8.44. The Bertz CT molecular complexity index is 1570. The van der Waals surface area contributed by atoms with Crippen LogP contribution in [0.15, 0.2) is 48.5 Å². The summed E-state index contributed by atoms with van der Waals surface area (Å²) in [6, 6.07) is 17.6. The highest BCUT2D eigenvalue weighted by atomic mass is 35.5. The number of carbonyl (C=O) groups is 2. The van der Waals surface area contributed by atoms with Gasteiger partial charge in [0, 0.05) is 10.4 Å². The summed E-state index contributed by atoms with van der Waals surface area (Å²) >= 11 is 6.14. The molecule has 5 rings (SSSR count). The van der Waals surface area contributed by atoms with E-state index < -0.39 is 23.5 Å². The average Bonchev–Trinajstić information content (AvgIpc) is 2.97. The van der Waals surface area contributed by atoms with Crippen molar-refractivity contribution in [1.29, 1.82) is 5.26 Å². The molecular weight excluding hydrogens is 546 g/mol. The van der Waals surface area contributed by atoms with E-state index in [2.05, 4.69) is 38.2 Å². The molecule has 1 fully saturated rings. The number of esters is 1. The topological polar surface area (TPSA) is 92.1 Å². The molecule has 0 aliphatic heterocycles. The Hall–Kier alpha value is -3.69. The summed E-state index contributed by atoms with van der Waals surface area (Å²) in [6.45, 7) is 8.23. The number of nitrogens with one attached hydrogen (secondary N) is 1. The molecule has 1 aromatic heterocycles. The van der Waals surface area contributed by atoms with Crippen LogP contribution < -0.4 is 5.32 Å². The first-order valence-electron chi connectivity index (χ1n) is 14.8. The van der Waals surface area contributed by atoms with Gasteiger partial charge in [0.15, 0.2) is 6.10 Å². The maximum absolute atomic E-state index is 14.0. The van der Waals surface area contributed by atoms with Crippen molar-refractivity contribution in [3.05, 3.63) is 75.9 Å². The van der Waals surface area contributed by atoms with E-state index in [0.717, 1.165) is 48.1 Å². The van der Waals surface area contributed by atoms with Gasteiger partial charge in [-0.3, -0.25) is 4.79 Å². The predicted octanol–water partition coefficient (Wildman–Crippen LogP) is 7.93. The van der Waals surface area contributed by atoms with Crippen LogP contribution in [0.1, 0.15) is 93.4 Å². The number of amides is 1. The first-order valence-corrected chi connectivity index (χ1v) is 15.2. The zero-order chi connectivity index (χ0) is 30.1. The lowest BCUT2D eigenvalue weighted by atomic mass is 9.69. The number of ether oxygens (including phenoxy) is 1. The van der Waals surface area contributed by atoms with Crippen molar-refractivity contribution in [2.45, 2.75) is 84.3 Å². The lowest BCUT2D eigenvalue weighted by Crippen LogP contribution is -2.52. The number of carbonyl (C=O) groups excluding carboxylic acids is 2. The minimum Gasteiger partial charge on any atom is -0.449 e. The van der Waals surface area contributed by atoms with Crippen LogP contribution in [0.3, 0.4) is 0 Å². The third-order valence-corrected chi connectivity index (χ3v) is 9.04. The number of pyridine rings is 1. The normalized spacial score (nSPS) is 19.9. The van der Waals surface area contributed by atoms with Crippen LogP contribution in [0.4, 0.5) is 0 Å². The monoisotopic (exact) mass is 583 g/mol. The number of hydrogen-bond donors (Lipinski definition) is 1. The molecule has 7 heteroatoms. The highest BCUT2D eigenvalue weighted by Crippen LogP contribution is 2.45. The van der Waals surface area contributed by atoms with Crippen molar-refractivity contribution < 1.29 is 14.3 Å². The van der Waals surface area contributed by atoms with E-state index in [1.807, 2.05) is 48.5 Å². The van der Waals surface area contributed by atoms with Gasteiger partial charge in [-0.1, -0.05) is 82.0 Å². The van der Waals surface area contributed by atoms with Crippen molar-refractivity contribution in [3.8, 4) is 6.07 Å². The number of halogens is 1. The predicted molar refractivity (Wildman–Crippen MR) is 167 cm³/mol. The third kappa shape index (κ3) is 6.22. The number of rotatable bonds is 5. The van der Waals surface area contributed by atoms with E-state index in [1.165, 1.54) is 0 Å². The summed E-state index contributed by atoms with van der Waals surface area (Å²) in [5.74, 6) is -0.752. The zero-order valence-corrected chi connectivity index (χ0v) is 25.6. The molecule has 0 bridgehead atoms. The van der Waals surface area contributed by atoms with Crippen molar-refractivity contribution in [2.75, 3.05) is 0 Å².